The lowest BCUT2D eigenvalue weighted by Gasteiger charge is -2.21. The van der Waals surface area contributed by atoms with Crippen LogP contribution in [-0.4, -0.2) is 31.3 Å². The second-order valence-corrected chi connectivity index (χ2v) is 2.87. The van der Waals surface area contributed by atoms with Gasteiger partial charge < -0.3 is 4.74 Å². The summed E-state index contributed by atoms with van der Waals surface area (Å²) >= 11 is 0. The van der Waals surface area contributed by atoms with Crippen molar-refractivity contribution in [2.75, 3.05) is 20.2 Å². The molecule has 1 unspecified atom stereocenters. The van der Waals surface area contributed by atoms with Crippen molar-refractivity contribution in [1.29, 1.82) is 0 Å². The first-order valence-electron chi connectivity index (χ1n) is 5.15. The van der Waals surface area contributed by atoms with Gasteiger partial charge in [0.15, 0.2) is 0 Å². The third-order valence-electron chi connectivity index (χ3n) is 2.09. The number of rotatable bonds is 3. The van der Waals surface area contributed by atoms with Gasteiger partial charge >= 0.3 is 0 Å². The first kappa shape index (κ1) is 11.9. The zero-order chi connectivity index (χ0) is 9.40. The molecule has 1 heterocycles. The molecule has 0 radical (unpaired) electrons. The van der Waals surface area contributed by atoms with Crippen LogP contribution >= 0.6 is 0 Å². The van der Waals surface area contributed by atoms with Crippen LogP contribution in [0.15, 0.2) is 0 Å². The van der Waals surface area contributed by atoms with E-state index >= 15 is 0 Å². The van der Waals surface area contributed by atoms with E-state index in [1.54, 1.807) is 7.11 Å². The van der Waals surface area contributed by atoms with Crippen LogP contribution in [0.5, 0.6) is 0 Å². The highest BCUT2D eigenvalue weighted by atomic mass is 16.5. The molecule has 2 nitrogen and oxygen atoms in total. The molecule has 0 N–H and O–H groups in total. The van der Waals surface area contributed by atoms with Crippen molar-refractivity contribution in [2.45, 2.75) is 46.3 Å². The van der Waals surface area contributed by atoms with Gasteiger partial charge in [0.25, 0.3) is 0 Å². The molecular formula is C10H23NO. The van der Waals surface area contributed by atoms with Gasteiger partial charge in [-0.25, -0.2) is 0 Å². The summed E-state index contributed by atoms with van der Waals surface area (Å²) in [6, 6.07) is 0. The lowest BCUT2D eigenvalue weighted by molar-refractivity contribution is -0.00347. The summed E-state index contributed by atoms with van der Waals surface area (Å²) in [6.45, 7) is 8.63. The van der Waals surface area contributed by atoms with E-state index in [2.05, 4.69) is 11.8 Å². The first-order valence-corrected chi connectivity index (χ1v) is 5.15. The summed E-state index contributed by atoms with van der Waals surface area (Å²) < 4.78 is 5.30. The molecule has 0 aliphatic carbocycles. The highest BCUT2D eigenvalue weighted by Gasteiger charge is 2.22. The summed E-state index contributed by atoms with van der Waals surface area (Å²) in [5.74, 6) is 0. The molecule has 74 valence electrons. The standard InChI is InChI=1S/C8H17NO.C2H6/c1-3-6-9-7-4-5-8(9)10-2;1-2/h8H,3-7H2,1-2H3;1-2H3. The molecule has 0 aromatic carbocycles. The Bertz CT molecular complexity index is 95.8. The van der Waals surface area contributed by atoms with Gasteiger partial charge in [-0.3, -0.25) is 4.90 Å². The zero-order valence-corrected chi connectivity index (χ0v) is 8.97. The van der Waals surface area contributed by atoms with Crippen LogP contribution < -0.4 is 0 Å². The van der Waals surface area contributed by atoms with E-state index in [1.807, 2.05) is 13.8 Å². The molecular weight excluding hydrogens is 150 g/mol. The molecule has 0 saturated carbocycles. The Hall–Kier alpha value is -0.0800. The maximum absolute atomic E-state index is 5.30. The quantitative estimate of drug-likeness (QED) is 0.650. The summed E-state index contributed by atoms with van der Waals surface area (Å²) in [4.78, 5) is 2.42. The molecule has 1 fully saturated rings. The Labute approximate surface area is 76.9 Å². The molecule has 1 saturated heterocycles. The SMILES string of the molecule is CC.CCCN1CCCC1OC. The summed E-state index contributed by atoms with van der Waals surface area (Å²) in [6.07, 6.45) is 4.18. The minimum absolute atomic E-state index is 0.417. The van der Waals surface area contributed by atoms with E-state index in [0.29, 0.717) is 6.23 Å². The van der Waals surface area contributed by atoms with E-state index in [1.165, 1.54) is 32.4 Å². The maximum atomic E-state index is 5.30. The van der Waals surface area contributed by atoms with Gasteiger partial charge in [-0.1, -0.05) is 20.8 Å². The van der Waals surface area contributed by atoms with E-state index in [9.17, 15) is 0 Å². The molecule has 0 aromatic rings. The van der Waals surface area contributed by atoms with Gasteiger partial charge in [0.1, 0.15) is 6.23 Å². The van der Waals surface area contributed by atoms with Gasteiger partial charge in [0.2, 0.25) is 0 Å². The van der Waals surface area contributed by atoms with Crippen molar-refractivity contribution < 1.29 is 4.74 Å². The van der Waals surface area contributed by atoms with Crippen molar-refractivity contribution in [3.05, 3.63) is 0 Å². The lowest BCUT2D eigenvalue weighted by Crippen LogP contribution is -2.31. The molecule has 0 amide bonds. The van der Waals surface area contributed by atoms with Crippen molar-refractivity contribution in [2.24, 2.45) is 0 Å². The Morgan fingerprint density at radius 3 is 2.58 bits per heavy atom. The van der Waals surface area contributed by atoms with Gasteiger partial charge in [-0.15, -0.1) is 0 Å². The largest absolute Gasteiger partial charge is 0.366 e. The molecule has 0 aromatic heterocycles. The normalized spacial score (nSPS) is 23.5. The second-order valence-electron chi connectivity index (χ2n) is 2.87. The van der Waals surface area contributed by atoms with Gasteiger partial charge in [0.05, 0.1) is 0 Å². The number of likely N-dealkylation sites (tertiary alicyclic amines) is 1. The third-order valence-corrected chi connectivity index (χ3v) is 2.09. The van der Waals surface area contributed by atoms with Gasteiger partial charge in [0, 0.05) is 20.2 Å². The van der Waals surface area contributed by atoms with E-state index < -0.39 is 0 Å². The maximum Gasteiger partial charge on any atom is 0.110 e. The average Bonchev–Trinajstić information content (AvgIpc) is 2.56. The van der Waals surface area contributed by atoms with Crippen LogP contribution in [0.1, 0.15) is 40.0 Å². The molecule has 1 aliphatic heterocycles. The molecule has 0 spiro atoms. The average molecular weight is 173 g/mol. The van der Waals surface area contributed by atoms with Crippen molar-refractivity contribution in [3.63, 3.8) is 0 Å². The van der Waals surface area contributed by atoms with Crippen LogP contribution in [0.3, 0.4) is 0 Å². The molecule has 1 aliphatic rings. The number of methoxy groups -OCH3 is 1. The lowest BCUT2D eigenvalue weighted by atomic mass is 10.4. The fourth-order valence-corrected chi connectivity index (χ4v) is 1.61. The Morgan fingerprint density at radius 2 is 2.08 bits per heavy atom. The number of hydrogen-bond acceptors (Lipinski definition) is 2. The van der Waals surface area contributed by atoms with Crippen LogP contribution in [0, 0.1) is 0 Å². The fourth-order valence-electron chi connectivity index (χ4n) is 1.61. The van der Waals surface area contributed by atoms with Crippen LogP contribution in [0.25, 0.3) is 0 Å². The van der Waals surface area contributed by atoms with E-state index in [0.717, 1.165) is 0 Å². The molecule has 12 heavy (non-hydrogen) atoms. The van der Waals surface area contributed by atoms with Crippen LogP contribution in [0.4, 0.5) is 0 Å². The highest BCUT2D eigenvalue weighted by molar-refractivity contribution is 4.70. The van der Waals surface area contributed by atoms with Gasteiger partial charge in [-0.05, 0) is 19.3 Å². The van der Waals surface area contributed by atoms with Crippen molar-refractivity contribution >= 4 is 0 Å². The zero-order valence-electron chi connectivity index (χ0n) is 8.97. The monoisotopic (exact) mass is 173 g/mol. The van der Waals surface area contributed by atoms with Crippen molar-refractivity contribution in [3.8, 4) is 0 Å². The van der Waals surface area contributed by atoms with E-state index in [-0.39, 0.29) is 0 Å². The Morgan fingerprint density at radius 1 is 1.42 bits per heavy atom. The second kappa shape index (κ2) is 7.56. The third kappa shape index (κ3) is 3.55. The molecule has 1 rings (SSSR count). The number of ether oxygens (including phenoxy) is 1. The first-order chi connectivity index (χ1) is 5.88. The van der Waals surface area contributed by atoms with Gasteiger partial charge in [-0.2, -0.15) is 0 Å². The predicted octanol–water partition coefficient (Wildman–Crippen LogP) is 2.49. The number of hydrogen-bond donors (Lipinski definition) is 0. The van der Waals surface area contributed by atoms with Crippen molar-refractivity contribution in [1.82, 2.24) is 4.90 Å². The topological polar surface area (TPSA) is 12.5 Å². The minimum Gasteiger partial charge on any atom is -0.366 e. The van der Waals surface area contributed by atoms with Crippen LogP contribution in [0.2, 0.25) is 0 Å². The summed E-state index contributed by atoms with van der Waals surface area (Å²) in [5, 5.41) is 0. The fraction of sp³-hybridized carbons (Fsp3) is 1.00. The highest BCUT2D eigenvalue weighted by Crippen LogP contribution is 2.16. The Balaban J connectivity index is 0.000000561. The smallest absolute Gasteiger partial charge is 0.110 e. The van der Waals surface area contributed by atoms with E-state index in [4.69, 9.17) is 4.74 Å². The molecule has 0 bridgehead atoms. The number of nitrogens with zero attached hydrogens (tertiary/aromatic N) is 1. The Kier molecular flexibility index (Phi) is 7.51. The molecule has 2 heteroatoms. The minimum atomic E-state index is 0.417. The summed E-state index contributed by atoms with van der Waals surface area (Å²) in [5.41, 5.74) is 0. The summed E-state index contributed by atoms with van der Waals surface area (Å²) in [7, 11) is 1.80. The predicted molar refractivity (Wildman–Crippen MR) is 53.2 cm³/mol. The molecule has 1 atom stereocenters. The van der Waals surface area contributed by atoms with Crippen LogP contribution in [-0.2, 0) is 4.74 Å².